The third-order valence-electron chi connectivity index (χ3n) is 3.59. The number of nitrogens with zero attached hydrogens (tertiary/aromatic N) is 2. The third-order valence-corrected chi connectivity index (χ3v) is 4.32. The van der Waals surface area contributed by atoms with E-state index in [1.165, 1.54) is 6.07 Å². The normalized spacial score (nSPS) is 11.2. The van der Waals surface area contributed by atoms with Crippen LogP contribution < -0.4 is 0 Å². The topological polar surface area (TPSA) is 80.1 Å². The Morgan fingerprint density at radius 2 is 2.04 bits per heavy atom. The molecule has 0 unspecified atom stereocenters. The van der Waals surface area contributed by atoms with Crippen LogP contribution in [0.3, 0.4) is 0 Å². The minimum Gasteiger partial charge on any atom is -0.456 e. The molecule has 26 heavy (non-hydrogen) atoms. The zero-order chi connectivity index (χ0) is 18.7. The van der Waals surface area contributed by atoms with Gasteiger partial charge < -0.3 is 4.42 Å². The van der Waals surface area contributed by atoms with Crippen molar-refractivity contribution < 1.29 is 9.34 Å². The van der Waals surface area contributed by atoms with Gasteiger partial charge in [-0.2, -0.15) is 5.26 Å². The lowest BCUT2D eigenvalue weighted by atomic mass is 10.1. The molecule has 0 N–H and O–H groups in total. The second-order valence-electron chi connectivity index (χ2n) is 5.30. The molecule has 0 atom stereocenters. The van der Waals surface area contributed by atoms with Crippen LogP contribution in [-0.2, 0) is 0 Å². The number of halogens is 2. The molecule has 1 aromatic heterocycles. The molecule has 0 aliphatic carbocycles. The molecule has 0 aliphatic heterocycles. The summed E-state index contributed by atoms with van der Waals surface area (Å²) < 4.78 is 6.31. The fraction of sp³-hybridized carbons (Fsp3) is 0. The molecule has 0 saturated carbocycles. The van der Waals surface area contributed by atoms with E-state index in [-0.39, 0.29) is 5.69 Å². The van der Waals surface area contributed by atoms with Gasteiger partial charge >= 0.3 is 0 Å². The number of nitro benzene ring substituents is 1. The van der Waals surface area contributed by atoms with Crippen molar-refractivity contribution in [2.45, 2.75) is 0 Å². The van der Waals surface area contributed by atoms with Crippen LogP contribution in [0.2, 0.25) is 5.02 Å². The lowest BCUT2D eigenvalue weighted by Crippen LogP contribution is -1.91. The number of benzene rings is 2. The Balaban J connectivity index is 2.01. The van der Waals surface area contributed by atoms with E-state index >= 15 is 0 Å². The van der Waals surface area contributed by atoms with Gasteiger partial charge in [-0.3, -0.25) is 10.1 Å². The first kappa shape index (κ1) is 17.9. The number of rotatable bonds is 4. The third kappa shape index (κ3) is 3.85. The summed E-state index contributed by atoms with van der Waals surface area (Å²) in [5.41, 5.74) is 1.32. The molecule has 0 aliphatic rings. The first-order chi connectivity index (χ1) is 12.5. The summed E-state index contributed by atoms with van der Waals surface area (Å²) in [6.45, 7) is 0. The Morgan fingerprint density at radius 1 is 1.23 bits per heavy atom. The van der Waals surface area contributed by atoms with E-state index in [2.05, 4.69) is 22.0 Å². The van der Waals surface area contributed by atoms with Gasteiger partial charge in [0.25, 0.3) is 5.69 Å². The second-order valence-corrected chi connectivity index (χ2v) is 6.65. The Labute approximate surface area is 162 Å². The molecule has 3 aromatic rings. The number of allylic oxidation sites excluding steroid dienone is 1. The molecular formula is C19H10BrClN2O3. The molecule has 7 heteroatoms. The Morgan fingerprint density at radius 3 is 2.73 bits per heavy atom. The molecule has 0 radical (unpaired) electrons. The average molecular weight is 430 g/mol. The lowest BCUT2D eigenvalue weighted by molar-refractivity contribution is -0.384. The van der Waals surface area contributed by atoms with Crippen LogP contribution in [0.5, 0.6) is 0 Å². The van der Waals surface area contributed by atoms with Crippen molar-refractivity contribution in [1.29, 1.82) is 5.26 Å². The zero-order valence-electron chi connectivity index (χ0n) is 13.1. The maximum absolute atomic E-state index is 11.3. The minimum absolute atomic E-state index is 0.0698. The van der Waals surface area contributed by atoms with E-state index in [1.807, 2.05) is 0 Å². The van der Waals surface area contributed by atoms with Gasteiger partial charge in [0, 0.05) is 15.6 Å². The molecule has 0 saturated heterocycles. The van der Waals surface area contributed by atoms with E-state index < -0.39 is 4.92 Å². The summed E-state index contributed by atoms with van der Waals surface area (Å²) in [4.78, 5) is 10.8. The second kappa shape index (κ2) is 7.56. The monoisotopic (exact) mass is 428 g/mol. The smallest absolute Gasteiger partial charge is 0.281 e. The highest BCUT2D eigenvalue weighted by Gasteiger charge is 2.18. The number of nitriles is 1. The van der Waals surface area contributed by atoms with Crippen LogP contribution >= 0.6 is 27.5 Å². The van der Waals surface area contributed by atoms with Gasteiger partial charge in [0.2, 0.25) is 0 Å². The minimum atomic E-state index is -0.467. The first-order valence-corrected chi connectivity index (χ1v) is 8.57. The van der Waals surface area contributed by atoms with Crippen LogP contribution in [0, 0.1) is 21.4 Å². The van der Waals surface area contributed by atoms with Crippen molar-refractivity contribution in [3.8, 4) is 17.4 Å². The summed E-state index contributed by atoms with van der Waals surface area (Å²) in [7, 11) is 0. The van der Waals surface area contributed by atoms with Crippen molar-refractivity contribution in [2.24, 2.45) is 0 Å². The molecule has 0 bridgehead atoms. The van der Waals surface area contributed by atoms with Gasteiger partial charge in [-0.1, -0.05) is 39.7 Å². The molecule has 0 fully saturated rings. The summed E-state index contributed by atoms with van der Waals surface area (Å²) in [5, 5.41) is 21.2. The first-order valence-electron chi connectivity index (χ1n) is 7.40. The fourth-order valence-electron chi connectivity index (χ4n) is 2.42. The highest BCUT2D eigenvalue weighted by atomic mass is 79.9. The molecule has 0 amide bonds. The molecule has 2 aromatic carbocycles. The summed E-state index contributed by atoms with van der Waals surface area (Å²) in [5.74, 6) is 0.757. The molecule has 0 spiro atoms. The van der Waals surface area contributed by atoms with E-state index in [4.69, 9.17) is 16.0 Å². The van der Waals surface area contributed by atoms with Crippen LogP contribution in [0.4, 0.5) is 5.69 Å². The largest absolute Gasteiger partial charge is 0.456 e. The molecule has 5 nitrogen and oxygen atoms in total. The Bertz CT molecular complexity index is 1070. The number of hydrogen-bond donors (Lipinski definition) is 0. The molecule has 128 valence electrons. The lowest BCUT2D eigenvalue weighted by Gasteiger charge is -2.01. The summed E-state index contributed by atoms with van der Waals surface area (Å²) in [6.07, 6.45) is 1.57. The van der Waals surface area contributed by atoms with Gasteiger partial charge in [0.1, 0.15) is 11.5 Å². The number of hydrogen-bond acceptors (Lipinski definition) is 4. The molecule has 1 heterocycles. The van der Waals surface area contributed by atoms with Gasteiger partial charge in [0.15, 0.2) is 0 Å². The van der Waals surface area contributed by atoms with E-state index in [0.29, 0.717) is 37.7 Å². The SMILES string of the molecule is N#C/C(=C/c1ccc(-c2ccc(Br)cc2[N+](=O)[O-])o1)c1cccc(Cl)c1. The van der Waals surface area contributed by atoms with Gasteiger partial charge in [0.05, 0.1) is 22.1 Å². The summed E-state index contributed by atoms with van der Waals surface area (Å²) >= 11 is 9.19. The predicted molar refractivity (Wildman–Crippen MR) is 103 cm³/mol. The van der Waals surface area contributed by atoms with Gasteiger partial charge in [-0.05, 0) is 48.0 Å². The van der Waals surface area contributed by atoms with Crippen molar-refractivity contribution in [1.82, 2.24) is 0 Å². The van der Waals surface area contributed by atoms with Gasteiger partial charge in [-0.25, -0.2) is 0 Å². The van der Waals surface area contributed by atoms with Crippen LogP contribution in [-0.4, -0.2) is 4.92 Å². The van der Waals surface area contributed by atoms with Crippen LogP contribution in [0.25, 0.3) is 23.0 Å². The fourth-order valence-corrected chi connectivity index (χ4v) is 2.96. The predicted octanol–water partition coefficient (Wildman–Crippen LogP) is 6.33. The van der Waals surface area contributed by atoms with E-state index in [0.717, 1.165) is 0 Å². The zero-order valence-corrected chi connectivity index (χ0v) is 15.5. The Kier molecular flexibility index (Phi) is 5.21. The highest BCUT2D eigenvalue weighted by Crippen LogP contribution is 2.34. The Hall–Kier alpha value is -2.88. The van der Waals surface area contributed by atoms with E-state index in [9.17, 15) is 15.4 Å². The van der Waals surface area contributed by atoms with Crippen molar-refractivity contribution in [3.05, 3.63) is 85.5 Å². The maximum atomic E-state index is 11.3. The summed E-state index contributed by atoms with van der Waals surface area (Å²) in [6, 6.07) is 17.0. The van der Waals surface area contributed by atoms with E-state index in [1.54, 1.807) is 54.6 Å². The van der Waals surface area contributed by atoms with Gasteiger partial charge in [-0.15, -0.1) is 0 Å². The van der Waals surface area contributed by atoms with Crippen molar-refractivity contribution in [3.63, 3.8) is 0 Å². The molecule has 3 rings (SSSR count). The molecular weight excluding hydrogens is 420 g/mol. The maximum Gasteiger partial charge on any atom is 0.281 e. The van der Waals surface area contributed by atoms with Crippen molar-refractivity contribution in [2.75, 3.05) is 0 Å². The standard InChI is InChI=1S/C19H10BrClN2O3/c20-14-4-6-17(18(10-14)23(24)25)19-7-5-16(26-19)9-13(11-22)12-2-1-3-15(21)8-12/h1-10H/b13-9-. The van der Waals surface area contributed by atoms with Crippen molar-refractivity contribution >= 4 is 44.9 Å². The quantitative estimate of drug-likeness (QED) is 0.275. The van der Waals surface area contributed by atoms with Crippen LogP contribution in [0.1, 0.15) is 11.3 Å². The number of furan rings is 1. The average Bonchev–Trinajstić information content (AvgIpc) is 3.08. The van der Waals surface area contributed by atoms with Crippen LogP contribution in [0.15, 0.2) is 63.5 Å². The highest BCUT2D eigenvalue weighted by molar-refractivity contribution is 9.10. The number of nitro groups is 1.